The van der Waals surface area contributed by atoms with E-state index in [0.717, 1.165) is 0 Å². The van der Waals surface area contributed by atoms with Crippen LogP contribution in [-0.4, -0.2) is 41.4 Å². The van der Waals surface area contributed by atoms with Crippen LogP contribution < -0.4 is 5.32 Å². The second-order valence-electron chi connectivity index (χ2n) is 2.79. The van der Waals surface area contributed by atoms with Crippen LogP contribution in [0, 0.1) is 0 Å². The van der Waals surface area contributed by atoms with Crippen LogP contribution in [0.1, 0.15) is 20.7 Å². The Morgan fingerprint density at radius 2 is 1.00 bits per heavy atom. The maximum atomic E-state index is 11.3. The number of carbonyl (C=O) groups is 2. The Morgan fingerprint density at radius 1 is 0.688 bits per heavy atom. The molecule has 1 aliphatic rings. The van der Waals surface area contributed by atoms with Crippen LogP contribution in [-0.2, 0) is 0 Å². The molecule has 0 saturated heterocycles. The van der Waals surface area contributed by atoms with Gasteiger partial charge < -0.3 is 0 Å². The molecule has 1 heterocycles. The van der Waals surface area contributed by atoms with E-state index in [1.54, 1.807) is 0 Å². The maximum absolute atomic E-state index is 11.3. The molecule has 1 aromatic rings. The summed E-state index contributed by atoms with van der Waals surface area (Å²) in [5.41, 5.74) is -0.0536. The maximum Gasteiger partial charge on any atom is 0.260 e. The van der Waals surface area contributed by atoms with Crippen LogP contribution in [0.5, 0.6) is 0 Å². The van der Waals surface area contributed by atoms with Crippen molar-refractivity contribution in [2.24, 2.45) is 0 Å². The number of hydrogen-bond acceptors (Lipinski definition) is 2. The normalized spacial score (nSPS) is 13.2. The molecule has 0 aliphatic carbocycles. The van der Waals surface area contributed by atoms with Gasteiger partial charge in [-0.05, 0) is 0 Å². The number of nitrogens with one attached hydrogen (secondary N) is 1. The quantitative estimate of drug-likeness (QED) is 0.347. The molecular formula is C8HCl4NNaO2. The van der Waals surface area contributed by atoms with Gasteiger partial charge in [-0.3, -0.25) is 14.9 Å². The molecule has 8 heteroatoms. The molecule has 79 valence electrons. The van der Waals surface area contributed by atoms with Crippen molar-refractivity contribution >= 4 is 87.8 Å². The summed E-state index contributed by atoms with van der Waals surface area (Å²) in [6, 6.07) is 0. The smallest absolute Gasteiger partial charge is 0.260 e. The first-order valence-corrected chi connectivity index (χ1v) is 5.18. The minimum absolute atomic E-state index is 0. The van der Waals surface area contributed by atoms with Gasteiger partial charge in [-0.2, -0.15) is 0 Å². The van der Waals surface area contributed by atoms with E-state index in [2.05, 4.69) is 5.32 Å². The fourth-order valence-corrected chi connectivity index (χ4v) is 2.31. The van der Waals surface area contributed by atoms with Gasteiger partial charge in [-0.25, -0.2) is 0 Å². The molecule has 0 spiro atoms. The van der Waals surface area contributed by atoms with Crippen molar-refractivity contribution in [3.05, 3.63) is 31.2 Å². The number of imide groups is 1. The molecule has 0 saturated carbocycles. The van der Waals surface area contributed by atoms with Gasteiger partial charge in [0.1, 0.15) is 0 Å². The van der Waals surface area contributed by atoms with Gasteiger partial charge >= 0.3 is 0 Å². The van der Waals surface area contributed by atoms with Gasteiger partial charge in [0.05, 0.1) is 31.2 Å². The second-order valence-corrected chi connectivity index (χ2v) is 4.30. The first-order valence-electron chi connectivity index (χ1n) is 3.66. The topological polar surface area (TPSA) is 46.2 Å². The zero-order valence-electron chi connectivity index (χ0n) is 7.83. The van der Waals surface area contributed by atoms with Crippen LogP contribution in [0.2, 0.25) is 20.1 Å². The molecule has 1 aliphatic heterocycles. The molecule has 1 radical (unpaired) electrons. The number of amides is 2. The van der Waals surface area contributed by atoms with E-state index in [4.69, 9.17) is 46.4 Å². The number of rotatable bonds is 0. The predicted molar refractivity (Wildman–Crippen MR) is 64.0 cm³/mol. The van der Waals surface area contributed by atoms with Gasteiger partial charge in [0.25, 0.3) is 11.8 Å². The summed E-state index contributed by atoms with van der Waals surface area (Å²) >= 11 is 23.1. The zero-order chi connectivity index (χ0) is 11.3. The van der Waals surface area contributed by atoms with Gasteiger partial charge in [0.15, 0.2) is 0 Å². The van der Waals surface area contributed by atoms with Crippen LogP contribution in [0.3, 0.4) is 0 Å². The van der Waals surface area contributed by atoms with Crippen molar-refractivity contribution in [1.82, 2.24) is 5.32 Å². The molecule has 16 heavy (non-hydrogen) atoms. The van der Waals surface area contributed by atoms with Crippen molar-refractivity contribution in [3.63, 3.8) is 0 Å². The van der Waals surface area contributed by atoms with E-state index in [-0.39, 0.29) is 60.8 Å². The zero-order valence-corrected chi connectivity index (χ0v) is 12.9. The largest absolute Gasteiger partial charge is 0.288 e. The summed E-state index contributed by atoms with van der Waals surface area (Å²) in [6.45, 7) is 0. The minimum Gasteiger partial charge on any atom is -0.288 e. The molecule has 0 atom stereocenters. The van der Waals surface area contributed by atoms with E-state index >= 15 is 0 Å². The van der Waals surface area contributed by atoms with Crippen molar-refractivity contribution in [1.29, 1.82) is 0 Å². The van der Waals surface area contributed by atoms with E-state index in [1.807, 2.05) is 0 Å². The summed E-state index contributed by atoms with van der Waals surface area (Å²) in [4.78, 5) is 22.7. The van der Waals surface area contributed by atoms with E-state index < -0.39 is 11.8 Å². The molecule has 0 aromatic heterocycles. The summed E-state index contributed by atoms with van der Waals surface area (Å²) < 4.78 is 0. The van der Waals surface area contributed by atoms with E-state index in [1.165, 1.54) is 0 Å². The fourth-order valence-electron chi connectivity index (χ4n) is 1.29. The SMILES string of the molecule is O=C1NC(=O)c2c(Cl)c(Cl)c(Cl)c(Cl)c21.[Na]. The van der Waals surface area contributed by atoms with Crippen molar-refractivity contribution in [2.75, 3.05) is 0 Å². The molecule has 2 amide bonds. The number of carbonyl (C=O) groups excluding carboxylic acids is 2. The third kappa shape index (κ3) is 1.99. The standard InChI is InChI=1S/C8HCl4NO2.Na/c9-3-1-2(8(15)13-7(1)14)4(10)6(12)5(3)11;/h(H,13,14,15);. The Bertz CT molecular complexity index is 472. The summed E-state index contributed by atoms with van der Waals surface area (Å²) in [7, 11) is 0. The number of halogens is 4. The predicted octanol–water partition coefficient (Wildman–Crippen LogP) is 2.80. The molecule has 2 rings (SSSR count). The number of benzene rings is 1. The fraction of sp³-hybridized carbons (Fsp3) is 0. The van der Waals surface area contributed by atoms with Crippen LogP contribution >= 0.6 is 46.4 Å². The van der Waals surface area contributed by atoms with Crippen LogP contribution in [0.15, 0.2) is 0 Å². The first-order chi connectivity index (χ1) is 6.95. The van der Waals surface area contributed by atoms with Gasteiger partial charge in [0.2, 0.25) is 0 Å². The van der Waals surface area contributed by atoms with Crippen LogP contribution in [0.25, 0.3) is 0 Å². The van der Waals surface area contributed by atoms with E-state index in [0.29, 0.717) is 0 Å². The molecule has 1 aromatic carbocycles. The monoisotopic (exact) mass is 306 g/mol. The van der Waals surface area contributed by atoms with Crippen molar-refractivity contribution in [2.45, 2.75) is 0 Å². The Morgan fingerprint density at radius 3 is 1.31 bits per heavy atom. The first kappa shape index (κ1) is 14.6. The molecule has 0 fully saturated rings. The molecule has 1 N–H and O–H groups in total. The second kappa shape index (κ2) is 5.02. The Labute approximate surface area is 133 Å². The Kier molecular flexibility index (Phi) is 4.58. The van der Waals surface area contributed by atoms with Crippen molar-refractivity contribution < 1.29 is 9.59 Å². The van der Waals surface area contributed by atoms with Gasteiger partial charge in [-0.1, -0.05) is 46.4 Å². The van der Waals surface area contributed by atoms with Crippen molar-refractivity contribution in [3.8, 4) is 0 Å². The number of fused-ring (bicyclic) bond motifs is 1. The summed E-state index contributed by atoms with van der Waals surface area (Å²) in [6.07, 6.45) is 0. The number of hydrogen-bond donors (Lipinski definition) is 1. The van der Waals surface area contributed by atoms with Crippen LogP contribution in [0.4, 0.5) is 0 Å². The Hall–Kier alpha value is 0.520. The average molecular weight is 308 g/mol. The Balaban J connectivity index is 0.00000128. The third-order valence-corrected chi connectivity index (χ3v) is 3.75. The molecule has 0 bridgehead atoms. The summed E-state index contributed by atoms with van der Waals surface area (Å²) in [5, 5.41) is 1.85. The molecule has 0 unspecified atom stereocenters. The molecular weight excluding hydrogens is 307 g/mol. The average Bonchev–Trinajstić information content (AvgIpc) is 2.47. The third-order valence-electron chi connectivity index (χ3n) is 1.95. The molecule has 3 nitrogen and oxygen atoms in total. The van der Waals surface area contributed by atoms with Gasteiger partial charge in [-0.15, -0.1) is 0 Å². The van der Waals surface area contributed by atoms with E-state index in [9.17, 15) is 9.59 Å². The minimum atomic E-state index is -0.625. The summed E-state index contributed by atoms with van der Waals surface area (Å²) in [5.74, 6) is -1.25. The van der Waals surface area contributed by atoms with Gasteiger partial charge in [0, 0.05) is 29.6 Å².